The number of carbonyl (C=O) groups excluding carboxylic acids is 3. The van der Waals surface area contributed by atoms with Crippen LogP contribution in [0.15, 0.2) is 0 Å². The summed E-state index contributed by atoms with van der Waals surface area (Å²) < 4.78 is 4.79. The van der Waals surface area contributed by atoms with Gasteiger partial charge >= 0.3 is 5.97 Å². The van der Waals surface area contributed by atoms with Gasteiger partial charge in [-0.05, 0) is 55.9 Å². The molecular weight excluding hydrogens is 352 g/mol. The molecule has 1 aliphatic rings. The van der Waals surface area contributed by atoms with Crippen LogP contribution < -0.4 is 10.6 Å². The number of carbonyl (C=O) groups is 3. The molecule has 0 bridgehead atoms. The van der Waals surface area contributed by atoms with Crippen molar-refractivity contribution >= 4 is 29.5 Å². The first-order chi connectivity index (χ1) is 12.3. The van der Waals surface area contributed by atoms with Gasteiger partial charge < -0.3 is 15.4 Å². The van der Waals surface area contributed by atoms with Crippen molar-refractivity contribution in [1.29, 1.82) is 0 Å². The molecule has 0 unspecified atom stereocenters. The van der Waals surface area contributed by atoms with E-state index in [1.165, 1.54) is 7.11 Å². The average Bonchev–Trinajstić information content (AvgIpc) is 2.62. The Balaban J connectivity index is 2.70. The SMILES string of the molecule is COC(=O)[C@H](CCSC)NC(=O)[C@H](NC(=O)C1CCC(C)CC1)C(C)C. The van der Waals surface area contributed by atoms with Gasteiger partial charge in [0.15, 0.2) is 0 Å². The first kappa shape index (κ1) is 22.8. The topological polar surface area (TPSA) is 84.5 Å². The van der Waals surface area contributed by atoms with Crippen LogP contribution in [0.1, 0.15) is 52.9 Å². The summed E-state index contributed by atoms with van der Waals surface area (Å²) in [5.74, 6) is 0.480. The van der Waals surface area contributed by atoms with E-state index in [2.05, 4.69) is 17.6 Å². The maximum atomic E-state index is 12.7. The predicted molar refractivity (Wildman–Crippen MR) is 105 cm³/mol. The van der Waals surface area contributed by atoms with E-state index in [0.29, 0.717) is 12.3 Å². The van der Waals surface area contributed by atoms with Crippen LogP contribution >= 0.6 is 11.8 Å². The molecule has 2 N–H and O–H groups in total. The highest BCUT2D eigenvalue weighted by molar-refractivity contribution is 7.98. The van der Waals surface area contributed by atoms with Gasteiger partial charge in [-0.3, -0.25) is 9.59 Å². The minimum absolute atomic E-state index is 0.0202. The van der Waals surface area contributed by atoms with Crippen molar-refractivity contribution in [3.05, 3.63) is 0 Å². The predicted octanol–water partition coefficient (Wildman–Crippen LogP) is 2.36. The quantitative estimate of drug-likeness (QED) is 0.594. The summed E-state index contributed by atoms with van der Waals surface area (Å²) in [6, 6.07) is -1.34. The zero-order chi connectivity index (χ0) is 19.7. The van der Waals surface area contributed by atoms with Gasteiger partial charge in [-0.15, -0.1) is 0 Å². The molecule has 1 rings (SSSR count). The molecule has 0 saturated heterocycles. The fourth-order valence-electron chi connectivity index (χ4n) is 3.22. The highest BCUT2D eigenvalue weighted by atomic mass is 32.2. The summed E-state index contributed by atoms with van der Waals surface area (Å²) in [5, 5.41) is 5.67. The molecule has 1 fully saturated rings. The van der Waals surface area contributed by atoms with Crippen LogP contribution in [-0.2, 0) is 19.1 Å². The lowest BCUT2D eigenvalue weighted by Gasteiger charge is -2.29. The Labute approximate surface area is 161 Å². The van der Waals surface area contributed by atoms with Gasteiger partial charge in [-0.2, -0.15) is 11.8 Å². The normalized spacial score (nSPS) is 22.4. The van der Waals surface area contributed by atoms with E-state index in [1.54, 1.807) is 11.8 Å². The van der Waals surface area contributed by atoms with E-state index < -0.39 is 18.1 Å². The molecule has 0 aromatic carbocycles. The molecule has 0 aromatic rings. The summed E-state index contributed by atoms with van der Waals surface area (Å²) >= 11 is 1.60. The third-order valence-corrected chi connectivity index (χ3v) is 5.69. The highest BCUT2D eigenvalue weighted by Gasteiger charge is 2.32. The van der Waals surface area contributed by atoms with Crippen LogP contribution in [0.25, 0.3) is 0 Å². The monoisotopic (exact) mass is 386 g/mol. The molecule has 2 amide bonds. The average molecular weight is 387 g/mol. The van der Waals surface area contributed by atoms with E-state index in [-0.39, 0.29) is 23.7 Å². The molecule has 0 aromatic heterocycles. The van der Waals surface area contributed by atoms with E-state index in [9.17, 15) is 14.4 Å². The summed E-state index contributed by atoms with van der Waals surface area (Å²) in [6.45, 7) is 5.99. The number of nitrogens with one attached hydrogen (secondary N) is 2. The molecule has 0 spiro atoms. The number of methoxy groups -OCH3 is 1. The third-order valence-electron chi connectivity index (χ3n) is 5.05. The van der Waals surface area contributed by atoms with E-state index in [1.807, 2.05) is 20.1 Å². The van der Waals surface area contributed by atoms with Gasteiger partial charge in [-0.1, -0.05) is 20.8 Å². The number of hydrogen-bond acceptors (Lipinski definition) is 5. The molecule has 0 radical (unpaired) electrons. The molecule has 0 heterocycles. The Hall–Kier alpha value is -1.24. The second-order valence-electron chi connectivity index (χ2n) is 7.55. The minimum Gasteiger partial charge on any atom is -0.467 e. The van der Waals surface area contributed by atoms with Gasteiger partial charge in [0.25, 0.3) is 0 Å². The summed E-state index contributed by atoms with van der Waals surface area (Å²) in [4.78, 5) is 37.2. The first-order valence-electron chi connectivity index (χ1n) is 9.47. The zero-order valence-corrected chi connectivity index (χ0v) is 17.5. The van der Waals surface area contributed by atoms with Crippen molar-refractivity contribution in [3.63, 3.8) is 0 Å². The second kappa shape index (κ2) is 11.5. The summed E-state index contributed by atoms with van der Waals surface area (Å²) in [7, 11) is 1.31. The lowest BCUT2D eigenvalue weighted by molar-refractivity contribution is -0.145. The van der Waals surface area contributed by atoms with Gasteiger partial charge in [-0.25, -0.2) is 4.79 Å². The van der Waals surface area contributed by atoms with Crippen molar-refractivity contribution in [3.8, 4) is 0 Å². The van der Waals surface area contributed by atoms with Gasteiger partial charge in [0.2, 0.25) is 11.8 Å². The van der Waals surface area contributed by atoms with Crippen LogP contribution in [0.2, 0.25) is 0 Å². The smallest absolute Gasteiger partial charge is 0.328 e. The van der Waals surface area contributed by atoms with Crippen molar-refractivity contribution < 1.29 is 19.1 Å². The second-order valence-corrected chi connectivity index (χ2v) is 8.54. The van der Waals surface area contributed by atoms with E-state index in [4.69, 9.17) is 4.74 Å². The highest BCUT2D eigenvalue weighted by Crippen LogP contribution is 2.28. The number of ether oxygens (including phenoxy) is 1. The molecule has 0 aliphatic heterocycles. The molecule has 1 saturated carbocycles. The number of esters is 1. The number of hydrogen-bond donors (Lipinski definition) is 2. The lowest BCUT2D eigenvalue weighted by atomic mass is 9.82. The van der Waals surface area contributed by atoms with E-state index >= 15 is 0 Å². The molecule has 2 atom stereocenters. The van der Waals surface area contributed by atoms with Crippen molar-refractivity contribution in [2.24, 2.45) is 17.8 Å². The maximum Gasteiger partial charge on any atom is 0.328 e. The van der Waals surface area contributed by atoms with Gasteiger partial charge in [0, 0.05) is 5.92 Å². The molecule has 1 aliphatic carbocycles. The number of thioether (sulfide) groups is 1. The molecule has 7 heteroatoms. The minimum atomic E-state index is -0.686. The van der Waals surface area contributed by atoms with Crippen LogP contribution in [0.5, 0.6) is 0 Å². The number of amides is 2. The third kappa shape index (κ3) is 7.17. The molecule has 26 heavy (non-hydrogen) atoms. The fourth-order valence-corrected chi connectivity index (χ4v) is 3.69. The Morgan fingerprint density at radius 2 is 1.73 bits per heavy atom. The number of rotatable bonds is 9. The molecule has 150 valence electrons. The van der Waals surface area contributed by atoms with Crippen molar-refractivity contribution in [1.82, 2.24) is 10.6 Å². The standard InChI is InChI=1S/C19H34N2O4S/c1-12(2)16(21-17(22)14-8-6-13(3)7-9-14)18(23)20-15(10-11-26-5)19(24)25-4/h12-16H,6-11H2,1-5H3,(H,20,23)(H,21,22)/t13?,14?,15-,16+/m0/s1. The molecule has 6 nitrogen and oxygen atoms in total. The first-order valence-corrected chi connectivity index (χ1v) is 10.9. The zero-order valence-electron chi connectivity index (χ0n) is 16.7. The van der Waals surface area contributed by atoms with Crippen molar-refractivity contribution in [2.45, 2.75) is 65.0 Å². The van der Waals surface area contributed by atoms with Crippen molar-refractivity contribution in [2.75, 3.05) is 19.1 Å². The van der Waals surface area contributed by atoms with Crippen LogP contribution in [0.3, 0.4) is 0 Å². The Kier molecular flexibility index (Phi) is 10.1. The fraction of sp³-hybridized carbons (Fsp3) is 0.842. The maximum absolute atomic E-state index is 12.7. The van der Waals surface area contributed by atoms with Crippen LogP contribution in [0.4, 0.5) is 0 Å². The Morgan fingerprint density at radius 1 is 1.12 bits per heavy atom. The summed E-state index contributed by atoms with van der Waals surface area (Å²) in [5.41, 5.74) is 0. The Bertz CT molecular complexity index is 476. The van der Waals surface area contributed by atoms with Gasteiger partial charge in [0.1, 0.15) is 12.1 Å². The largest absolute Gasteiger partial charge is 0.467 e. The summed E-state index contributed by atoms with van der Waals surface area (Å²) in [6.07, 6.45) is 6.29. The van der Waals surface area contributed by atoms with E-state index in [0.717, 1.165) is 31.4 Å². The van der Waals surface area contributed by atoms with Crippen LogP contribution in [-0.4, -0.2) is 49.0 Å². The van der Waals surface area contributed by atoms with Gasteiger partial charge in [0.05, 0.1) is 7.11 Å². The van der Waals surface area contributed by atoms with Crippen LogP contribution in [0, 0.1) is 17.8 Å². The molecular formula is C19H34N2O4S. The Morgan fingerprint density at radius 3 is 2.23 bits per heavy atom. The lowest BCUT2D eigenvalue weighted by Crippen LogP contribution is -2.55.